The maximum Gasteiger partial charge on any atom is 0.225 e. The highest BCUT2D eigenvalue weighted by atomic mass is 15.1. The molecule has 4 aromatic rings. The number of nitrogens with one attached hydrogen (secondary N) is 2. The molecule has 0 unspecified atom stereocenters. The molecule has 6 nitrogen and oxygen atoms in total. The third-order valence-electron chi connectivity index (χ3n) is 4.26. The number of anilines is 3. The largest absolute Gasteiger partial charge is 0.350 e. The molecular formula is C23H18N6. The smallest absolute Gasteiger partial charge is 0.225 e. The minimum atomic E-state index is 0.516. The predicted molar refractivity (Wildman–Crippen MR) is 113 cm³/mol. The molecule has 0 fully saturated rings. The van der Waals surface area contributed by atoms with Gasteiger partial charge < -0.3 is 10.6 Å². The number of hydrogen-bond acceptors (Lipinski definition) is 6. The zero-order valence-electron chi connectivity index (χ0n) is 15.6. The summed E-state index contributed by atoms with van der Waals surface area (Å²) in [5, 5.41) is 15.7. The Morgan fingerprint density at radius 1 is 0.862 bits per heavy atom. The van der Waals surface area contributed by atoms with Crippen LogP contribution in [0, 0.1) is 11.3 Å². The second kappa shape index (κ2) is 8.63. The second-order valence-corrected chi connectivity index (χ2v) is 6.35. The standard InChI is InChI=1S/C23H18N6/c24-15-18-5-4-8-20(13-18)27-22-14-21(19-6-2-1-3-7-19)28-23(29-22)26-16-17-9-11-25-12-10-17/h1-14H,16H2,(H2,26,27,28,29). The van der Waals surface area contributed by atoms with Gasteiger partial charge >= 0.3 is 0 Å². The molecule has 140 valence electrons. The molecule has 0 saturated carbocycles. The molecule has 29 heavy (non-hydrogen) atoms. The van der Waals surface area contributed by atoms with Crippen LogP contribution in [0.25, 0.3) is 11.3 Å². The van der Waals surface area contributed by atoms with Crippen LogP contribution in [0.4, 0.5) is 17.5 Å². The lowest BCUT2D eigenvalue weighted by Crippen LogP contribution is -2.06. The summed E-state index contributed by atoms with van der Waals surface area (Å²) < 4.78 is 0. The van der Waals surface area contributed by atoms with Gasteiger partial charge in [0.25, 0.3) is 0 Å². The van der Waals surface area contributed by atoms with Crippen molar-refractivity contribution in [1.29, 1.82) is 5.26 Å². The van der Waals surface area contributed by atoms with Gasteiger partial charge in [0.15, 0.2) is 0 Å². The minimum Gasteiger partial charge on any atom is -0.350 e. The lowest BCUT2D eigenvalue weighted by Gasteiger charge is -2.12. The maximum absolute atomic E-state index is 9.13. The van der Waals surface area contributed by atoms with Crippen LogP contribution in [0.3, 0.4) is 0 Å². The molecule has 0 radical (unpaired) electrons. The molecule has 0 bridgehead atoms. The Bertz CT molecular complexity index is 1140. The molecule has 0 amide bonds. The van der Waals surface area contributed by atoms with E-state index in [1.54, 1.807) is 24.5 Å². The first-order valence-electron chi connectivity index (χ1n) is 9.14. The highest BCUT2D eigenvalue weighted by Crippen LogP contribution is 2.24. The fraction of sp³-hybridized carbons (Fsp3) is 0.0435. The highest BCUT2D eigenvalue weighted by Gasteiger charge is 2.08. The summed E-state index contributed by atoms with van der Waals surface area (Å²) in [6, 6.07) is 25.2. The lowest BCUT2D eigenvalue weighted by atomic mass is 10.1. The van der Waals surface area contributed by atoms with E-state index in [0.717, 1.165) is 22.5 Å². The van der Waals surface area contributed by atoms with Gasteiger partial charge in [0.2, 0.25) is 5.95 Å². The Morgan fingerprint density at radius 2 is 1.69 bits per heavy atom. The average Bonchev–Trinajstić information content (AvgIpc) is 2.79. The summed E-state index contributed by atoms with van der Waals surface area (Å²) in [6.07, 6.45) is 3.51. The summed E-state index contributed by atoms with van der Waals surface area (Å²) in [6.45, 7) is 0.587. The molecule has 6 heteroatoms. The van der Waals surface area contributed by atoms with E-state index in [-0.39, 0.29) is 0 Å². The molecule has 0 aliphatic heterocycles. The number of aromatic nitrogens is 3. The van der Waals surface area contributed by atoms with Crippen molar-refractivity contribution in [2.45, 2.75) is 6.54 Å². The van der Waals surface area contributed by atoms with Gasteiger partial charge in [-0.3, -0.25) is 4.98 Å². The second-order valence-electron chi connectivity index (χ2n) is 6.35. The van der Waals surface area contributed by atoms with Gasteiger partial charge in [0.05, 0.1) is 17.3 Å². The van der Waals surface area contributed by atoms with Crippen LogP contribution in [0.1, 0.15) is 11.1 Å². The van der Waals surface area contributed by atoms with Gasteiger partial charge in [-0.05, 0) is 35.9 Å². The van der Waals surface area contributed by atoms with Crippen molar-refractivity contribution in [3.8, 4) is 17.3 Å². The van der Waals surface area contributed by atoms with Gasteiger partial charge in [-0.2, -0.15) is 10.2 Å². The maximum atomic E-state index is 9.13. The van der Waals surface area contributed by atoms with E-state index < -0.39 is 0 Å². The van der Waals surface area contributed by atoms with Crippen molar-refractivity contribution in [3.63, 3.8) is 0 Å². The lowest BCUT2D eigenvalue weighted by molar-refractivity contribution is 1.05. The monoisotopic (exact) mass is 378 g/mol. The highest BCUT2D eigenvalue weighted by molar-refractivity contribution is 5.67. The van der Waals surface area contributed by atoms with Crippen molar-refractivity contribution in [2.24, 2.45) is 0 Å². The quantitative estimate of drug-likeness (QED) is 0.503. The normalized spacial score (nSPS) is 10.2. The molecule has 0 aliphatic rings. The number of benzene rings is 2. The summed E-state index contributed by atoms with van der Waals surface area (Å²) >= 11 is 0. The van der Waals surface area contributed by atoms with Crippen molar-refractivity contribution < 1.29 is 0 Å². The molecule has 0 aliphatic carbocycles. The van der Waals surface area contributed by atoms with Crippen LogP contribution in [0.5, 0.6) is 0 Å². The molecule has 4 rings (SSSR count). The summed E-state index contributed by atoms with van der Waals surface area (Å²) in [4.78, 5) is 13.3. The Morgan fingerprint density at radius 3 is 2.48 bits per heavy atom. The number of rotatable bonds is 6. The van der Waals surface area contributed by atoms with Gasteiger partial charge in [0.1, 0.15) is 5.82 Å². The van der Waals surface area contributed by atoms with Crippen molar-refractivity contribution in [1.82, 2.24) is 15.0 Å². The SMILES string of the molecule is N#Cc1cccc(Nc2cc(-c3ccccc3)nc(NCc3ccncc3)n2)c1. The van der Waals surface area contributed by atoms with E-state index in [4.69, 9.17) is 5.26 Å². The minimum absolute atomic E-state index is 0.516. The predicted octanol–water partition coefficient (Wildman–Crippen LogP) is 4.77. The molecule has 0 saturated heterocycles. The topological polar surface area (TPSA) is 86.5 Å². The van der Waals surface area contributed by atoms with Crippen LogP contribution in [0.2, 0.25) is 0 Å². The fourth-order valence-corrected chi connectivity index (χ4v) is 2.84. The fourth-order valence-electron chi connectivity index (χ4n) is 2.84. The zero-order chi connectivity index (χ0) is 19.9. The van der Waals surface area contributed by atoms with Crippen molar-refractivity contribution >= 4 is 17.5 Å². The summed E-state index contributed by atoms with van der Waals surface area (Å²) in [5.41, 5.74) is 4.27. The number of pyridine rings is 1. The van der Waals surface area contributed by atoms with E-state index in [1.807, 2.05) is 60.7 Å². The van der Waals surface area contributed by atoms with E-state index in [2.05, 4.69) is 31.7 Å². The van der Waals surface area contributed by atoms with Crippen LogP contribution in [0.15, 0.2) is 85.2 Å². The molecule has 2 aromatic heterocycles. The van der Waals surface area contributed by atoms with Gasteiger partial charge in [-0.15, -0.1) is 0 Å². The molecular weight excluding hydrogens is 360 g/mol. The molecule has 2 heterocycles. The Balaban J connectivity index is 1.65. The molecule has 2 aromatic carbocycles. The van der Waals surface area contributed by atoms with Gasteiger partial charge in [-0.25, -0.2) is 4.98 Å². The van der Waals surface area contributed by atoms with Crippen LogP contribution >= 0.6 is 0 Å². The summed E-state index contributed by atoms with van der Waals surface area (Å²) in [7, 11) is 0. The van der Waals surface area contributed by atoms with E-state index in [1.165, 1.54) is 0 Å². The molecule has 0 atom stereocenters. The van der Waals surface area contributed by atoms with Gasteiger partial charge in [0, 0.05) is 36.3 Å². The first kappa shape index (κ1) is 18.1. The van der Waals surface area contributed by atoms with Crippen molar-refractivity contribution in [2.75, 3.05) is 10.6 Å². The van der Waals surface area contributed by atoms with Crippen molar-refractivity contribution in [3.05, 3.63) is 96.3 Å². The number of nitrogens with zero attached hydrogens (tertiary/aromatic N) is 4. The number of nitriles is 1. The van der Waals surface area contributed by atoms with E-state index in [0.29, 0.717) is 23.9 Å². The summed E-state index contributed by atoms with van der Waals surface area (Å²) in [5.74, 6) is 1.16. The van der Waals surface area contributed by atoms with E-state index in [9.17, 15) is 0 Å². The Hall–Kier alpha value is -4.24. The third kappa shape index (κ3) is 4.73. The Labute approximate surface area is 168 Å². The average molecular weight is 378 g/mol. The molecule has 0 spiro atoms. The third-order valence-corrected chi connectivity index (χ3v) is 4.26. The first-order chi connectivity index (χ1) is 14.3. The first-order valence-corrected chi connectivity index (χ1v) is 9.14. The Kier molecular flexibility index (Phi) is 5.40. The zero-order valence-corrected chi connectivity index (χ0v) is 15.6. The molecule has 2 N–H and O–H groups in total. The van der Waals surface area contributed by atoms with Crippen LogP contribution in [-0.2, 0) is 6.54 Å². The van der Waals surface area contributed by atoms with Crippen LogP contribution in [-0.4, -0.2) is 15.0 Å². The number of hydrogen-bond donors (Lipinski definition) is 2. The van der Waals surface area contributed by atoms with Gasteiger partial charge in [-0.1, -0.05) is 36.4 Å². The van der Waals surface area contributed by atoms with E-state index >= 15 is 0 Å². The van der Waals surface area contributed by atoms with Crippen LogP contribution < -0.4 is 10.6 Å².